The Morgan fingerprint density at radius 2 is 2.26 bits per heavy atom. The summed E-state index contributed by atoms with van der Waals surface area (Å²) in [6.45, 7) is 2.48. The number of aliphatic hydroxyl groups is 1. The molecule has 0 bridgehead atoms. The van der Waals surface area contributed by atoms with Crippen LogP contribution in [-0.4, -0.2) is 39.9 Å². The van der Waals surface area contributed by atoms with Crippen LogP contribution in [0.3, 0.4) is 0 Å². The maximum atomic E-state index is 12.1. The number of carbonyl (C=O) groups is 1. The van der Waals surface area contributed by atoms with Crippen LogP contribution >= 0.6 is 0 Å². The van der Waals surface area contributed by atoms with Gasteiger partial charge in [0.25, 0.3) is 5.91 Å². The van der Waals surface area contributed by atoms with Gasteiger partial charge >= 0.3 is 0 Å². The molecule has 2 atom stereocenters. The lowest BCUT2D eigenvalue weighted by molar-refractivity contribution is 0.1000. The highest BCUT2D eigenvalue weighted by molar-refractivity contribution is 6.08. The average Bonchev–Trinajstić information content (AvgIpc) is 3.30. The molecular weight excluding hydrogens is 350 g/mol. The molecule has 1 aliphatic heterocycles. The lowest BCUT2D eigenvalue weighted by atomic mass is 9.90. The number of aryl methyl sites for hydroxylation is 2. The lowest BCUT2D eigenvalue weighted by Crippen LogP contribution is -2.19. The standard InChI is InChI=1S/C19H21N3O5/c1-10-16(19(20)24)18-14(27-10)4-3-13(17(18)11-7-25-8-12(11)23)26-9-15-21-5-6-22(15)2/h3-6,11-12,23H,7-9H2,1-2H3,(H2,20,24)/t11-,12+/m1/s1. The maximum Gasteiger partial charge on any atom is 0.252 e. The normalized spacial score (nSPS) is 19.7. The molecule has 2 aromatic heterocycles. The number of rotatable bonds is 5. The second-order valence-electron chi connectivity index (χ2n) is 6.70. The monoisotopic (exact) mass is 371 g/mol. The molecule has 142 valence electrons. The Bertz CT molecular complexity index is 1010. The lowest BCUT2D eigenvalue weighted by Gasteiger charge is -2.19. The third-order valence-corrected chi connectivity index (χ3v) is 4.98. The van der Waals surface area contributed by atoms with E-state index in [4.69, 9.17) is 19.6 Å². The van der Waals surface area contributed by atoms with Crippen LogP contribution in [0.2, 0.25) is 0 Å². The molecule has 3 aromatic rings. The minimum atomic E-state index is -0.706. The minimum absolute atomic E-state index is 0.225. The molecule has 4 rings (SSSR count). The van der Waals surface area contributed by atoms with Crippen molar-refractivity contribution in [2.45, 2.75) is 25.6 Å². The van der Waals surface area contributed by atoms with Crippen LogP contribution in [0.4, 0.5) is 0 Å². The van der Waals surface area contributed by atoms with Crippen LogP contribution in [0.15, 0.2) is 28.9 Å². The largest absolute Gasteiger partial charge is 0.485 e. The van der Waals surface area contributed by atoms with E-state index in [0.29, 0.717) is 40.2 Å². The fraction of sp³-hybridized carbons (Fsp3) is 0.368. The Kier molecular flexibility index (Phi) is 4.37. The second kappa shape index (κ2) is 6.71. The van der Waals surface area contributed by atoms with Crippen LogP contribution in [0.5, 0.6) is 5.75 Å². The predicted octanol–water partition coefficient (Wildman–Crippen LogP) is 1.63. The van der Waals surface area contributed by atoms with E-state index in [1.54, 1.807) is 25.3 Å². The summed E-state index contributed by atoms with van der Waals surface area (Å²) < 4.78 is 19.1. The maximum absolute atomic E-state index is 12.1. The van der Waals surface area contributed by atoms with Crippen molar-refractivity contribution in [1.29, 1.82) is 0 Å². The van der Waals surface area contributed by atoms with Gasteiger partial charge in [0.05, 0.1) is 24.9 Å². The van der Waals surface area contributed by atoms with Gasteiger partial charge in [0.1, 0.15) is 29.5 Å². The van der Waals surface area contributed by atoms with Crippen LogP contribution in [0.25, 0.3) is 11.0 Å². The summed E-state index contributed by atoms with van der Waals surface area (Å²) in [4.78, 5) is 16.3. The molecule has 1 fully saturated rings. The van der Waals surface area contributed by atoms with E-state index in [1.165, 1.54) is 0 Å². The highest BCUT2D eigenvalue weighted by atomic mass is 16.5. The van der Waals surface area contributed by atoms with Gasteiger partial charge in [-0.25, -0.2) is 4.98 Å². The molecular formula is C19H21N3O5. The van der Waals surface area contributed by atoms with Gasteiger partial charge in [0.2, 0.25) is 0 Å². The number of fused-ring (bicyclic) bond motifs is 1. The quantitative estimate of drug-likeness (QED) is 0.705. The number of carbonyl (C=O) groups excluding carboxylic acids is 1. The highest BCUT2D eigenvalue weighted by Crippen LogP contribution is 2.41. The fourth-order valence-corrected chi connectivity index (χ4v) is 3.60. The Balaban J connectivity index is 1.86. The number of furan rings is 1. The van der Waals surface area contributed by atoms with Crippen LogP contribution in [0, 0.1) is 6.92 Å². The number of benzene rings is 1. The van der Waals surface area contributed by atoms with Gasteiger partial charge in [-0.2, -0.15) is 0 Å². The summed E-state index contributed by atoms with van der Waals surface area (Å²) in [6.07, 6.45) is 2.83. The average molecular weight is 371 g/mol. The number of nitrogens with two attached hydrogens (primary N) is 1. The molecule has 3 N–H and O–H groups in total. The predicted molar refractivity (Wildman–Crippen MR) is 96.6 cm³/mol. The molecule has 0 saturated carbocycles. The fourth-order valence-electron chi connectivity index (χ4n) is 3.60. The summed E-state index contributed by atoms with van der Waals surface area (Å²) >= 11 is 0. The summed E-state index contributed by atoms with van der Waals surface area (Å²) in [6, 6.07) is 3.52. The van der Waals surface area contributed by atoms with Gasteiger partial charge in [-0.15, -0.1) is 0 Å². The van der Waals surface area contributed by atoms with E-state index < -0.39 is 12.0 Å². The minimum Gasteiger partial charge on any atom is -0.485 e. The topological polar surface area (TPSA) is 113 Å². The van der Waals surface area contributed by atoms with Gasteiger partial charge < -0.3 is 29.3 Å². The number of ether oxygens (including phenoxy) is 2. The van der Waals surface area contributed by atoms with E-state index in [0.717, 1.165) is 5.82 Å². The zero-order chi connectivity index (χ0) is 19.1. The first-order valence-corrected chi connectivity index (χ1v) is 8.68. The molecule has 1 saturated heterocycles. The summed E-state index contributed by atoms with van der Waals surface area (Å²) in [5, 5.41) is 11.0. The number of primary amides is 1. The van der Waals surface area contributed by atoms with Crippen LogP contribution in [-0.2, 0) is 18.4 Å². The summed E-state index contributed by atoms with van der Waals surface area (Å²) in [5.74, 6) is 0.807. The van der Waals surface area contributed by atoms with Crippen molar-refractivity contribution in [3.05, 3.63) is 47.2 Å². The summed E-state index contributed by atoms with van der Waals surface area (Å²) in [5.41, 5.74) is 7.11. The van der Waals surface area contributed by atoms with Crippen molar-refractivity contribution in [3.8, 4) is 5.75 Å². The van der Waals surface area contributed by atoms with Crippen molar-refractivity contribution >= 4 is 16.9 Å². The smallest absolute Gasteiger partial charge is 0.252 e. The van der Waals surface area contributed by atoms with Gasteiger partial charge in [0, 0.05) is 36.3 Å². The SMILES string of the molecule is Cc1oc2ccc(OCc3nccn3C)c([C@@H]3COC[C@@H]3O)c2c1C(N)=O. The number of amides is 1. The number of nitrogens with zero attached hydrogens (tertiary/aromatic N) is 2. The molecule has 3 heterocycles. The zero-order valence-corrected chi connectivity index (χ0v) is 15.1. The molecule has 1 aliphatic rings. The van der Waals surface area contributed by atoms with E-state index in [1.807, 2.05) is 17.8 Å². The third-order valence-electron chi connectivity index (χ3n) is 4.98. The van der Waals surface area contributed by atoms with Gasteiger partial charge in [-0.1, -0.05) is 0 Å². The highest BCUT2D eigenvalue weighted by Gasteiger charge is 2.34. The van der Waals surface area contributed by atoms with Crippen LogP contribution < -0.4 is 10.5 Å². The molecule has 1 amide bonds. The van der Waals surface area contributed by atoms with E-state index in [9.17, 15) is 9.90 Å². The van der Waals surface area contributed by atoms with Crippen molar-refractivity contribution < 1.29 is 23.8 Å². The first-order chi connectivity index (χ1) is 13.0. The van der Waals surface area contributed by atoms with E-state index in [-0.39, 0.29) is 19.1 Å². The Morgan fingerprint density at radius 1 is 1.44 bits per heavy atom. The van der Waals surface area contributed by atoms with Gasteiger partial charge in [0.15, 0.2) is 0 Å². The molecule has 27 heavy (non-hydrogen) atoms. The number of aromatic nitrogens is 2. The third kappa shape index (κ3) is 2.96. The molecule has 8 heteroatoms. The molecule has 0 radical (unpaired) electrons. The molecule has 0 spiro atoms. The first-order valence-electron chi connectivity index (χ1n) is 8.68. The van der Waals surface area contributed by atoms with E-state index in [2.05, 4.69) is 4.98 Å². The number of hydrogen-bond acceptors (Lipinski definition) is 6. The zero-order valence-electron chi connectivity index (χ0n) is 15.1. The van der Waals surface area contributed by atoms with Crippen molar-refractivity contribution in [2.75, 3.05) is 13.2 Å². The van der Waals surface area contributed by atoms with E-state index >= 15 is 0 Å². The number of imidazole rings is 1. The molecule has 0 aliphatic carbocycles. The van der Waals surface area contributed by atoms with Crippen molar-refractivity contribution in [1.82, 2.24) is 9.55 Å². The van der Waals surface area contributed by atoms with Gasteiger partial charge in [-0.05, 0) is 19.1 Å². The summed E-state index contributed by atoms with van der Waals surface area (Å²) in [7, 11) is 1.88. The Hall–Kier alpha value is -2.84. The number of hydrogen-bond donors (Lipinski definition) is 2. The second-order valence-corrected chi connectivity index (χ2v) is 6.70. The Labute approximate surface area is 155 Å². The van der Waals surface area contributed by atoms with Crippen molar-refractivity contribution in [3.63, 3.8) is 0 Å². The molecule has 0 unspecified atom stereocenters. The Morgan fingerprint density at radius 3 is 2.89 bits per heavy atom. The van der Waals surface area contributed by atoms with Gasteiger partial charge in [-0.3, -0.25) is 4.79 Å². The van der Waals surface area contributed by atoms with Crippen LogP contribution in [0.1, 0.15) is 33.4 Å². The number of aliphatic hydroxyl groups excluding tert-OH is 1. The van der Waals surface area contributed by atoms with Crippen molar-refractivity contribution in [2.24, 2.45) is 12.8 Å². The first kappa shape index (κ1) is 17.6. The molecule has 8 nitrogen and oxygen atoms in total. The molecule has 1 aromatic carbocycles.